The van der Waals surface area contributed by atoms with Gasteiger partial charge in [0.05, 0.1) is 12.2 Å². The summed E-state index contributed by atoms with van der Waals surface area (Å²) in [6, 6.07) is 9.34. The molecule has 0 atom stereocenters. The van der Waals surface area contributed by atoms with E-state index in [1.165, 1.54) is 40.7 Å². The van der Waals surface area contributed by atoms with E-state index in [1.54, 1.807) is 12.1 Å². The highest BCUT2D eigenvalue weighted by Gasteiger charge is 2.49. The Kier molecular flexibility index (Phi) is 4.20. The minimum Gasteiger partial charge on any atom is -0.352 e. The molecule has 4 aliphatic carbocycles. The third-order valence-corrected chi connectivity index (χ3v) is 8.99. The van der Waals surface area contributed by atoms with Crippen LogP contribution in [0.4, 0.5) is 5.69 Å². The lowest BCUT2D eigenvalue weighted by atomic mass is 9.54. The number of para-hydroxylation sites is 1. The first-order chi connectivity index (χ1) is 13.0. The Morgan fingerprint density at radius 1 is 0.963 bits per heavy atom. The van der Waals surface area contributed by atoms with Crippen molar-refractivity contribution < 1.29 is 13.2 Å². The number of hydrogen-bond acceptors (Lipinski definition) is 3. The number of amides is 1. The van der Waals surface area contributed by atoms with Crippen LogP contribution in [0.5, 0.6) is 0 Å². The van der Waals surface area contributed by atoms with Gasteiger partial charge in [-0.15, -0.1) is 0 Å². The fourth-order valence-corrected chi connectivity index (χ4v) is 7.71. The van der Waals surface area contributed by atoms with Gasteiger partial charge >= 0.3 is 10.2 Å². The van der Waals surface area contributed by atoms with Gasteiger partial charge in [-0.2, -0.15) is 12.7 Å². The van der Waals surface area contributed by atoms with Gasteiger partial charge in [-0.25, -0.2) is 0 Å². The molecule has 1 aromatic carbocycles. The maximum atomic E-state index is 12.8. The molecule has 0 spiro atoms. The molecule has 1 aromatic rings. The summed E-state index contributed by atoms with van der Waals surface area (Å²) in [5.41, 5.74) is 0.654. The van der Waals surface area contributed by atoms with Gasteiger partial charge in [-0.3, -0.25) is 9.10 Å². The predicted octanol–water partition coefficient (Wildman–Crippen LogP) is 1.99. The van der Waals surface area contributed by atoms with Crippen molar-refractivity contribution >= 4 is 21.8 Å². The topological polar surface area (TPSA) is 69.7 Å². The normalized spacial score (nSPS) is 36.9. The first-order valence-electron chi connectivity index (χ1n) is 10.1. The highest BCUT2D eigenvalue weighted by atomic mass is 32.2. The van der Waals surface area contributed by atoms with Crippen LogP contribution in [0, 0.1) is 23.7 Å². The highest BCUT2D eigenvalue weighted by molar-refractivity contribution is 7.90. The van der Waals surface area contributed by atoms with E-state index in [0.29, 0.717) is 30.6 Å². The fraction of sp³-hybridized carbons (Fsp3) is 0.650. The standard InChI is InChI=1S/C20H27N3O3S/c24-19(21-20-16-9-14-8-15(11-16)12-17(20)10-14)13-22-6-7-23(27(22,25)26)18-4-2-1-3-5-18/h1-5,14-17,20H,6-13H2,(H,21,24). The summed E-state index contributed by atoms with van der Waals surface area (Å²) in [7, 11) is -3.63. The number of rotatable bonds is 4. The summed E-state index contributed by atoms with van der Waals surface area (Å²) < 4.78 is 28.4. The monoisotopic (exact) mass is 389 g/mol. The molecule has 1 saturated heterocycles. The minimum atomic E-state index is -3.63. The van der Waals surface area contributed by atoms with Gasteiger partial charge in [0.1, 0.15) is 0 Å². The third kappa shape index (κ3) is 3.05. The largest absolute Gasteiger partial charge is 0.352 e. The van der Waals surface area contributed by atoms with Crippen molar-refractivity contribution in [1.29, 1.82) is 0 Å². The Bertz CT molecular complexity index is 798. The number of hydrogen-bond donors (Lipinski definition) is 1. The zero-order chi connectivity index (χ0) is 18.6. The number of benzene rings is 1. The molecule has 6 rings (SSSR count). The fourth-order valence-electron chi connectivity index (χ4n) is 6.14. The van der Waals surface area contributed by atoms with Crippen LogP contribution in [-0.2, 0) is 15.0 Å². The average Bonchev–Trinajstić information content (AvgIpc) is 2.92. The first-order valence-corrected chi connectivity index (χ1v) is 11.5. The molecular formula is C20H27N3O3S. The second kappa shape index (κ2) is 6.48. The van der Waals surface area contributed by atoms with Gasteiger partial charge in [0, 0.05) is 19.1 Å². The second-order valence-corrected chi connectivity index (χ2v) is 10.6. The van der Waals surface area contributed by atoms with Crippen LogP contribution in [0.15, 0.2) is 30.3 Å². The molecule has 0 aromatic heterocycles. The van der Waals surface area contributed by atoms with Crippen molar-refractivity contribution in [3.05, 3.63) is 30.3 Å². The summed E-state index contributed by atoms with van der Waals surface area (Å²) in [5.74, 6) is 2.77. The molecule has 5 aliphatic rings. The van der Waals surface area contributed by atoms with Crippen LogP contribution < -0.4 is 9.62 Å². The summed E-state index contributed by atoms with van der Waals surface area (Å²) in [5, 5.41) is 3.22. The SMILES string of the molecule is O=C(CN1CCN(c2ccccc2)S1(=O)=O)NC1C2CC3CC(C2)CC1C3. The van der Waals surface area contributed by atoms with Crippen LogP contribution in [0.2, 0.25) is 0 Å². The number of carbonyl (C=O) groups excluding carboxylic acids is 1. The highest BCUT2D eigenvalue weighted by Crippen LogP contribution is 2.53. The van der Waals surface area contributed by atoms with Crippen LogP contribution >= 0.6 is 0 Å². The maximum absolute atomic E-state index is 12.8. The first kappa shape index (κ1) is 17.5. The van der Waals surface area contributed by atoms with Crippen molar-refractivity contribution in [2.75, 3.05) is 23.9 Å². The zero-order valence-corrected chi connectivity index (χ0v) is 16.3. The zero-order valence-electron chi connectivity index (χ0n) is 15.5. The Labute approximate surface area is 161 Å². The smallest absolute Gasteiger partial charge is 0.304 e. The van der Waals surface area contributed by atoms with Crippen molar-refractivity contribution in [2.24, 2.45) is 23.7 Å². The van der Waals surface area contributed by atoms with Crippen molar-refractivity contribution in [3.63, 3.8) is 0 Å². The second-order valence-electron chi connectivity index (χ2n) is 8.77. The molecule has 4 saturated carbocycles. The Morgan fingerprint density at radius 3 is 2.22 bits per heavy atom. The number of anilines is 1. The number of nitrogens with one attached hydrogen (secondary N) is 1. The third-order valence-electron chi connectivity index (χ3n) is 7.08. The van der Waals surface area contributed by atoms with E-state index in [-0.39, 0.29) is 18.5 Å². The van der Waals surface area contributed by atoms with E-state index in [0.717, 1.165) is 11.8 Å². The molecule has 7 heteroatoms. The Morgan fingerprint density at radius 2 is 1.59 bits per heavy atom. The lowest BCUT2D eigenvalue weighted by Gasteiger charge is -2.54. The molecule has 0 unspecified atom stereocenters. The van der Waals surface area contributed by atoms with Gasteiger partial charge in [0.25, 0.3) is 0 Å². The molecule has 6 nitrogen and oxygen atoms in total. The maximum Gasteiger partial charge on any atom is 0.304 e. The van der Waals surface area contributed by atoms with E-state index in [2.05, 4.69) is 5.32 Å². The molecule has 4 bridgehead atoms. The molecule has 146 valence electrons. The predicted molar refractivity (Wildman–Crippen MR) is 103 cm³/mol. The molecule has 0 radical (unpaired) electrons. The molecule has 1 N–H and O–H groups in total. The van der Waals surface area contributed by atoms with E-state index in [9.17, 15) is 13.2 Å². The summed E-state index contributed by atoms with van der Waals surface area (Å²) in [6.45, 7) is 0.665. The number of nitrogens with zero attached hydrogens (tertiary/aromatic N) is 2. The van der Waals surface area contributed by atoms with Crippen LogP contribution in [0.1, 0.15) is 32.1 Å². The van der Waals surface area contributed by atoms with Gasteiger partial charge in [-0.1, -0.05) is 18.2 Å². The Balaban J connectivity index is 1.24. The van der Waals surface area contributed by atoms with Crippen LogP contribution in [0.3, 0.4) is 0 Å². The van der Waals surface area contributed by atoms with Crippen molar-refractivity contribution in [1.82, 2.24) is 9.62 Å². The lowest BCUT2D eigenvalue weighted by molar-refractivity contribution is -0.125. The van der Waals surface area contributed by atoms with Crippen LogP contribution in [0.25, 0.3) is 0 Å². The Hall–Kier alpha value is -1.60. The van der Waals surface area contributed by atoms with Gasteiger partial charge in [-0.05, 0) is 67.9 Å². The van der Waals surface area contributed by atoms with Gasteiger partial charge < -0.3 is 5.32 Å². The number of carbonyl (C=O) groups is 1. The molecule has 27 heavy (non-hydrogen) atoms. The molecule has 1 heterocycles. The van der Waals surface area contributed by atoms with Gasteiger partial charge in [0.15, 0.2) is 0 Å². The lowest BCUT2D eigenvalue weighted by Crippen LogP contribution is -2.57. The average molecular weight is 390 g/mol. The van der Waals surface area contributed by atoms with Crippen LogP contribution in [-0.4, -0.2) is 44.3 Å². The molecule has 1 aliphatic heterocycles. The molecule has 1 amide bonds. The van der Waals surface area contributed by atoms with Crippen molar-refractivity contribution in [2.45, 2.75) is 38.1 Å². The molecular weight excluding hydrogens is 362 g/mol. The van der Waals surface area contributed by atoms with E-state index >= 15 is 0 Å². The molecule has 5 fully saturated rings. The summed E-state index contributed by atoms with van der Waals surface area (Å²) in [4.78, 5) is 12.7. The van der Waals surface area contributed by atoms with Crippen molar-refractivity contribution in [3.8, 4) is 0 Å². The quantitative estimate of drug-likeness (QED) is 0.856. The van der Waals surface area contributed by atoms with E-state index in [4.69, 9.17) is 0 Å². The van der Waals surface area contributed by atoms with E-state index < -0.39 is 10.2 Å². The van der Waals surface area contributed by atoms with Gasteiger partial charge in [0.2, 0.25) is 5.91 Å². The minimum absolute atomic E-state index is 0.0749. The van der Waals surface area contributed by atoms with E-state index in [1.807, 2.05) is 18.2 Å². The summed E-state index contributed by atoms with van der Waals surface area (Å²) in [6.07, 6.45) is 6.34. The summed E-state index contributed by atoms with van der Waals surface area (Å²) >= 11 is 0.